The lowest BCUT2D eigenvalue weighted by atomic mass is 9.87. The molecule has 0 aliphatic heterocycles. The third-order valence-corrected chi connectivity index (χ3v) is 3.64. The van der Waals surface area contributed by atoms with E-state index in [4.69, 9.17) is 0 Å². The van der Waals surface area contributed by atoms with Crippen LogP contribution in [0.5, 0.6) is 0 Å². The van der Waals surface area contributed by atoms with E-state index in [-0.39, 0.29) is 5.41 Å². The first-order valence-electron chi connectivity index (χ1n) is 6.27. The zero-order valence-electron chi connectivity index (χ0n) is 10.9. The molecule has 0 saturated carbocycles. The number of allylic oxidation sites excluding steroid dienone is 1. The highest BCUT2D eigenvalue weighted by atomic mass is 19.1. The second kappa shape index (κ2) is 4.02. The van der Waals surface area contributed by atoms with Gasteiger partial charge < -0.3 is 0 Å². The Morgan fingerprint density at radius 1 is 0.895 bits per heavy atom. The molecule has 1 aliphatic carbocycles. The number of halogens is 2. The Morgan fingerprint density at radius 2 is 1.63 bits per heavy atom. The number of hydrogen-bond donors (Lipinski definition) is 0. The van der Waals surface area contributed by atoms with E-state index in [0.717, 1.165) is 17.2 Å². The summed E-state index contributed by atoms with van der Waals surface area (Å²) in [5, 5.41) is 0. The molecule has 0 atom stereocenters. The van der Waals surface area contributed by atoms with Crippen LogP contribution in [0.25, 0.3) is 5.57 Å². The van der Waals surface area contributed by atoms with Gasteiger partial charge in [-0.1, -0.05) is 44.2 Å². The molecule has 96 valence electrons. The van der Waals surface area contributed by atoms with E-state index in [1.807, 2.05) is 24.3 Å². The molecule has 2 heteroatoms. The molecule has 0 amide bonds. The molecule has 1 aliphatic rings. The third kappa shape index (κ3) is 1.88. The lowest BCUT2D eigenvalue weighted by Gasteiger charge is -2.16. The minimum Gasteiger partial charge on any atom is -0.207 e. The van der Waals surface area contributed by atoms with Crippen LogP contribution in [-0.2, 0) is 5.41 Å². The van der Waals surface area contributed by atoms with Crippen molar-refractivity contribution >= 4 is 5.57 Å². The minimum atomic E-state index is -0.549. The number of fused-ring (bicyclic) bond motifs is 1. The van der Waals surface area contributed by atoms with Gasteiger partial charge in [0.15, 0.2) is 0 Å². The van der Waals surface area contributed by atoms with Gasteiger partial charge in [0.2, 0.25) is 0 Å². The van der Waals surface area contributed by atoms with E-state index in [1.54, 1.807) is 0 Å². The van der Waals surface area contributed by atoms with Gasteiger partial charge in [0, 0.05) is 17.0 Å². The molecule has 0 radical (unpaired) electrons. The van der Waals surface area contributed by atoms with E-state index in [2.05, 4.69) is 19.9 Å². The third-order valence-electron chi connectivity index (χ3n) is 3.64. The van der Waals surface area contributed by atoms with Crippen LogP contribution >= 0.6 is 0 Å². The van der Waals surface area contributed by atoms with Gasteiger partial charge in [-0.2, -0.15) is 0 Å². The Labute approximate surface area is 111 Å². The monoisotopic (exact) mass is 256 g/mol. The van der Waals surface area contributed by atoms with Gasteiger partial charge in [-0.25, -0.2) is 8.78 Å². The van der Waals surface area contributed by atoms with Gasteiger partial charge >= 0.3 is 0 Å². The fourth-order valence-electron chi connectivity index (χ4n) is 2.73. The molecule has 0 aromatic heterocycles. The molecule has 0 fully saturated rings. The van der Waals surface area contributed by atoms with Gasteiger partial charge in [-0.05, 0) is 28.8 Å². The first-order valence-corrected chi connectivity index (χ1v) is 6.27. The normalized spacial score (nSPS) is 16.1. The molecule has 3 rings (SSSR count). The quantitative estimate of drug-likeness (QED) is 0.694. The number of benzene rings is 2. The van der Waals surface area contributed by atoms with Crippen molar-refractivity contribution in [3.63, 3.8) is 0 Å². The van der Waals surface area contributed by atoms with Gasteiger partial charge in [-0.15, -0.1) is 0 Å². The highest BCUT2D eigenvalue weighted by Crippen LogP contribution is 2.43. The van der Waals surface area contributed by atoms with Crippen molar-refractivity contribution in [2.75, 3.05) is 0 Å². The molecule has 19 heavy (non-hydrogen) atoms. The van der Waals surface area contributed by atoms with Gasteiger partial charge in [0.25, 0.3) is 0 Å². The molecule has 0 saturated heterocycles. The second-order valence-corrected chi connectivity index (χ2v) is 5.45. The highest BCUT2D eigenvalue weighted by molar-refractivity contribution is 5.87. The topological polar surface area (TPSA) is 0 Å². The van der Waals surface area contributed by atoms with Crippen molar-refractivity contribution in [1.29, 1.82) is 0 Å². The molecule has 0 bridgehead atoms. The molecular weight excluding hydrogens is 242 g/mol. The average Bonchev–Trinajstić information content (AvgIpc) is 2.62. The maximum atomic E-state index is 14.0. The summed E-state index contributed by atoms with van der Waals surface area (Å²) in [6, 6.07) is 11.7. The number of hydrogen-bond acceptors (Lipinski definition) is 0. The Balaban J connectivity index is 2.22. The van der Waals surface area contributed by atoms with Gasteiger partial charge in [-0.3, -0.25) is 0 Å². The van der Waals surface area contributed by atoms with Crippen molar-refractivity contribution in [3.8, 4) is 0 Å². The summed E-state index contributed by atoms with van der Waals surface area (Å²) >= 11 is 0. The Hall–Kier alpha value is -1.96. The van der Waals surface area contributed by atoms with Crippen LogP contribution in [0.2, 0.25) is 0 Å². The van der Waals surface area contributed by atoms with Gasteiger partial charge in [0.05, 0.1) is 0 Å². The summed E-state index contributed by atoms with van der Waals surface area (Å²) in [6.07, 6.45) is 2.05. The van der Waals surface area contributed by atoms with E-state index in [9.17, 15) is 8.78 Å². The standard InChI is InChI=1S/C17H14F2/c1-17(2)10-14(12-5-3-4-6-15(12)17)13-8-7-11(18)9-16(13)19/h3-10H,1-2H3. The highest BCUT2D eigenvalue weighted by Gasteiger charge is 2.30. The molecular formula is C17H14F2. The van der Waals surface area contributed by atoms with E-state index in [0.29, 0.717) is 5.56 Å². The molecule has 2 aromatic rings. The SMILES string of the molecule is CC1(C)C=C(c2ccc(F)cc2F)c2ccccc21. The fraction of sp³-hybridized carbons (Fsp3) is 0.176. The van der Waals surface area contributed by atoms with Crippen LogP contribution < -0.4 is 0 Å². The average molecular weight is 256 g/mol. The Morgan fingerprint density at radius 3 is 2.37 bits per heavy atom. The van der Waals surface area contributed by atoms with Crippen LogP contribution in [0, 0.1) is 11.6 Å². The fourth-order valence-corrected chi connectivity index (χ4v) is 2.73. The summed E-state index contributed by atoms with van der Waals surface area (Å²) in [6.45, 7) is 4.19. The van der Waals surface area contributed by atoms with Gasteiger partial charge in [0.1, 0.15) is 11.6 Å². The molecule has 0 nitrogen and oxygen atoms in total. The zero-order chi connectivity index (χ0) is 13.6. The lowest BCUT2D eigenvalue weighted by Crippen LogP contribution is -2.10. The van der Waals surface area contributed by atoms with Crippen molar-refractivity contribution in [2.45, 2.75) is 19.3 Å². The first-order chi connectivity index (χ1) is 8.99. The van der Waals surface area contributed by atoms with E-state index >= 15 is 0 Å². The van der Waals surface area contributed by atoms with E-state index in [1.165, 1.54) is 17.7 Å². The predicted octanol–water partition coefficient (Wildman–Crippen LogP) is 4.69. The van der Waals surface area contributed by atoms with Crippen LogP contribution in [0.3, 0.4) is 0 Å². The maximum absolute atomic E-state index is 14.0. The maximum Gasteiger partial charge on any atom is 0.133 e. The largest absolute Gasteiger partial charge is 0.207 e. The predicted molar refractivity (Wildman–Crippen MR) is 72.9 cm³/mol. The van der Waals surface area contributed by atoms with Crippen LogP contribution in [0.4, 0.5) is 8.78 Å². The molecule has 0 N–H and O–H groups in total. The molecule has 0 heterocycles. The summed E-state index contributed by atoms with van der Waals surface area (Å²) < 4.78 is 27.0. The smallest absolute Gasteiger partial charge is 0.133 e. The molecule has 0 spiro atoms. The summed E-state index contributed by atoms with van der Waals surface area (Å²) in [5.74, 6) is -1.06. The van der Waals surface area contributed by atoms with Crippen molar-refractivity contribution in [3.05, 3.63) is 76.9 Å². The summed E-state index contributed by atoms with van der Waals surface area (Å²) in [5.41, 5.74) is 3.37. The van der Waals surface area contributed by atoms with Crippen molar-refractivity contribution < 1.29 is 8.78 Å². The van der Waals surface area contributed by atoms with Crippen LogP contribution in [0.1, 0.15) is 30.5 Å². The Bertz CT molecular complexity index is 681. The Kier molecular flexibility index (Phi) is 2.56. The van der Waals surface area contributed by atoms with Crippen molar-refractivity contribution in [1.82, 2.24) is 0 Å². The second-order valence-electron chi connectivity index (χ2n) is 5.45. The molecule has 2 aromatic carbocycles. The van der Waals surface area contributed by atoms with Crippen LogP contribution in [-0.4, -0.2) is 0 Å². The van der Waals surface area contributed by atoms with Crippen LogP contribution in [0.15, 0.2) is 48.5 Å². The zero-order valence-corrected chi connectivity index (χ0v) is 10.9. The first kappa shape index (κ1) is 12.1. The summed E-state index contributed by atoms with van der Waals surface area (Å²) in [4.78, 5) is 0. The lowest BCUT2D eigenvalue weighted by molar-refractivity contribution is 0.581. The molecule has 0 unspecified atom stereocenters. The summed E-state index contributed by atoms with van der Waals surface area (Å²) in [7, 11) is 0. The van der Waals surface area contributed by atoms with Crippen molar-refractivity contribution in [2.24, 2.45) is 0 Å². The number of rotatable bonds is 1. The van der Waals surface area contributed by atoms with E-state index < -0.39 is 11.6 Å². The minimum absolute atomic E-state index is 0.132.